The third kappa shape index (κ3) is 4.06. The van der Waals surface area contributed by atoms with E-state index in [0.717, 1.165) is 0 Å². The normalized spacial score (nSPS) is 11.4. The number of hydrogen-bond donors (Lipinski definition) is 1. The van der Waals surface area contributed by atoms with E-state index >= 15 is 0 Å². The molecule has 0 heterocycles. The van der Waals surface area contributed by atoms with Gasteiger partial charge in [-0.2, -0.15) is 0 Å². The number of ether oxygens (including phenoxy) is 1. The van der Waals surface area contributed by atoms with Crippen molar-refractivity contribution in [2.75, 3.05) is 13.7 Å². The van der Waals surface area contributed by atoms with Crippen LogP contribution in [0.1, 0.15) is 12.8 Å². The van der Waals surface area contributed by atoms with Gasteiger partial charge >= 0.3 is 5.97 Å². The van der Waals surface area contributed by atoms with Crippen LogP contribution in [0.15, 0.2) is 41.3 Å². The highest BCUT2D eigenvalue weighted by Gasteiger charge is 2.17. The molecule has 0 aliphatic heterocycles. The largest absolute Gasteiger partial charge is 0.469 e. The number of nitro groups is 1. The van der Waals surface area contributed by atoms with Crippen molar-refractivity contribution in [3.63, 3.8) is 0 Å². The van der Waals surface area contributed by atoms with E-state index < -0.39 is 20.9 Å². The van der Waals surface area contributed by atoms with Crippen molar-refractivity contribution in [1.29, 1.82) is 0 Å². The number of esters is 1. The molecule has 0 saturated carbocycles. The SMILES string of the molecule is COC(=O)CCCNS(=O)(=O)c1ccc2c([N+](=O)[O-])cccc2c1. The fraction of sp³-hybridized carbons (Fsp3) is 0.267. The molecule has 0 fully saturated rings. The number of carbonyl (C=O) groups is 1. The number of rotatable bonds is 7. The zero-order valence-corrected chi connectivity index (χ0v) is 13.7. The molecular formula is C15H16N2O6S. The van der Waals surface area contributed by atoms with Gasteiger partial charge in [0.2, 0.25) is 10.0 Å². The van der Waals surface area contributed by atoms with Crippen LogP contribution in [0.4, 0.5) is 5.69 Å². The van der Waals surface area contributed by atoms with Crippen LogP contribution >= 0.6 is 0 Å². The zero-order valence-electron chi connectivity index (χ0n) is 12.9. The highest BCUT2D eigenvalue weighted by Crippen LogP contribution is 2.27. The predicted octanol–water partition coefficient (Wildman–Crippen LogP) is 1.98. The van der Waals surface area contributed by atoms with E-state index in [1.165, 1.54) is 37.4 Å². The van der Waals surface area contributed by atoms with Crippen LogP contribution in [0.25, 0.3) is 10.8 Å². The van der Waals surface area contributed by atoms with E-state index in [0.29, 0.717) is 17.2 Å². The van der Waals surface area contributed by atoms with Crippen molar-refractivity contribution in [2.24, 2.45) is 0 Å². The summed E-state index contributed by atoms with van der Waals surface area (Å²) in [6.45, 7) is 0.0877. The second-order valence-corrected chi connectivity index (χ2v) is 6.76. The molecule has 0 bridgehead atoms. The number of methoxy groups -OCH3 is 1. The molecule has 128 valence electrons. The Morgan fingerprint density at radius 1 is 1.29 bits per heavy atom. The summed E-state index contributed by atoms with van der Waals surface area (Å²) < 4.78 is 31.4. The average molecular weight is 352 g/mol. The first-order valence-corrected chi connectivity index (χ1v) is 8.57. The van der Waals surface area contributed by atoms with Gasteiger partial charge in [-0.25, -0.2) is 13.1 Å². The van der Waals surface area contributed by atoms with Crippen molar-refractivity contribution >= 4 is 32.5 Å². The molecule has 24 heavy (non-hydrogen) atoms. The Morgan fingerprint density at radius 2 is 2.04 bits per heavy atom. The topological polar surface area (TPSA) is 116 Å². The lowest BCUT2D eigenvalue weighted by atomic mass is 10.1. The number of sulfonamides is 1. The van der Waals surface area contributed by atoms with Crippen LogP contribution in [-0.4, -0.2) is 33.0 Å². The molecule has 0 aliphatic carbocycles. The second kappa shape index (κ2) is 7.37. The lowest BCUT2D eigenvalue weighted by Crippen LogP contribution is -2.25. The predicted molar refractivity (Wildman–Crippen MR) is 87.0 cm³/mol. The van der Waals surface area contributed by atoms with Gasteiger partial charge in [0.05, 0.1) is 22.3 Å². The molecule has 2 aromatic carbocycles. The number of nitrogens with zero attached hydrogens (tertiary/aromatic N) is 1. The number of nitro benzene ring substituents is 1. The Bertz CT molecular complexity index is 879. The van der Waals surface area contributed by atoms with Gasteiger partial charge in [-0.1, -0.05) is 12.1 Å². The first-order valence-electron chi connectivity index (χ1n) is 7.09. The Kier molecular flexibility index (Phi) is 5.47. The summed E-state index contributed by atoms with van der Waals surface area (Å²) in [7, 11) is -2.50. The zero-order chi connectivity index (χ0) is 17.7. The maximum absolute atomic E-state index is 12.2. The summed E-state index contributed by atoms with van der Waals surface area (Å²) in [6, 6.07) is 8.58. The van der Waals surface area contributed by atoms with Crippen LogP contribution < -0.4 is 4.72 Å². The molecular weight excluding hydrogens is 336 g/mol. The quantitative estimate of drug-likeness (QED) is 0.352. The fourth-order valence-corrected chi connectivity index (χ4v) is 3.30. The van der Waals surface area contributed by atoms with Gasteiger partial charge in [-0.05, 0) is 30.0 Å². The molecule has 0 atom stereocenters. The number of fused-ring (bicyclic) bond motifs is 1. The number of non-ortho nitro benzene ring substituents is 1. The monoisotopic (exact) mass is 352 g/mol. The summed E-state index contributed by atoms with van der Waals surface area (Å²) >= 11 is 0. The summed E-state index contributed by atoms with van der Waals surface area (Å²) in [6.07, 6.45) is 0.424. The van der Waals surface area contributed by atoms with Crippen molar-refractivity contribution in [2.45, 2.75) is 17.7 Å². The molecule has 0 aliphatic rings. The standard InChI is InChI=1S/C15H16N2O6S/c1-23-15(18)6-3-9-16-24(21,22)12-7-8-13-11(10-12)4-2-5-14(13)17(19)20/h2,4-5,7-8,10,16H,3,6,9H2,1H3. The van der Waals surface area contributed by atoms with Crippen LogP contribution in [0.5, 0.6) is 0 Å². The molecule has 1 N–H and O–H groups in total. The number of nitrogens with one attached hydrogen (secondary N) is 1. The van der Waals surface area contributed by atoms with Crippen molar-refractivity contribution in [3.8, 4) is 0 Å². The van der Waals surface area contributed by atoms with E-state index in [4.69, 9.17) is 0 Å². The Morgan fingerprint density at radius 3 is 2.71 bits per heavy atom. The molecule has 0 amide bonds. The number of carbonyl (C=O) groups excluding carboxylic acids is 1. The highest BCUT2D eigenvalue weighted by atomic mass is 32.2. The second-order valence-electron chi connectivity index (χ2n) is 4.99. The smallest absolute Gasteiger partial charge is 0.305 e. The lowest BCUT2D eigenvalue weighted by molar-refractivity contribution is -0.383. The molecule has 8 nitrogen and oxygen atoms in total. The number of benzene rings is 2. The van der Waals surface area contributed by atoms with Crippen molar-refractivity contribution in [1.82, 2.24) is 4.72 Å². The van der Waals surface area contributed by atoms with Crippen molar-refractivity contribution < 1.29 is 22.9 Å². The van der Waals surface area contributed by atoms with Crippen molar-refractivity contribution in [3.05, 3.63) is 46.5 Å². The van der Waals surface area contributed by atoms with Gasteiger partial charge in [0.25, 0.3) is 5.69 Å². The summed E-state index contributed by atoms with van der Waals surface area (Å²) in [5.41, 5.74) is -0.0810. The molecule has 2 aromatic rings. The Hall–Kier alpha value is -2.52. The molecule has 2 rings (SSSR count). The van der Waals surface area contributed by atoms with Gasteiger partial charge < -0.3 is 4.74 Å². The Labute approximate surface area is 138 Å². The molecule has 0 radical (unpaired) electrons. The van der Waals surface area contributed by atoms with Gasteiger partial charge in [0.1, 0.15) is 0 Å². The lowest BCUT2D eigenvalue weighted by Gasteiger charge is -2.08. The van der Waals surface area contributed by atoms with Gasteiger partial charge in [0.15, 0.2) is 0 Å². The minimum atomic E-state index is -3.76. The maximum Gasteiger partial charge on any atom is 0.305 e. The van der Waals surface area contributed by atoms with Crippen LogP contribution in [0.2, 0.25) is 0 Å². The first-order chi connectivity index (χ1) is 11.3. The summed E-state index contributed by atoms with van der Waals surface area (Å²) in [5.74, 6) is -0.410. The molecule has 9 heteroatoms. The minimum absolute atomic E-state index is 0.00793. The maximum atomic E-state index is 12.2. The summed E-state index contributed by atoms with van der Waals surface area (Å²) in [4.78, 5) is 21.5. The fourth-order valence-electron chi connectivity index (χ4n) is 2.20. The van der Waals surface area contributed by atoms with Crippen LogP contribution in [0, 0.1) is 10.1 Å². The number of hydrogen-bond acceptors (Lipinski definition) is 6. The van der Waals surface area contributed by atoms with Crippen LogP contribution in [-0.2, 0) is 19.6 Å². The molecule has 0 saturated heterocycles. The van der Waals surface area contributed by atoms with Gasteiger partial charge in [-0.3, -0.25) is 14.9 Å². The molecule has 0 aromatic heterocycles. The molecule has 0 spiro atoms. The van der Waals surface area contributed by atoms with Gasteiger partial charge in [0, 0.05) is 19.0 Å². The van der Waals surface area contributed by atoms with E-state index in [1.807, 2.05) is 0 Å². The summed E-state index contributed by atoms with van der Waals surface area (Å²) in [5, 5.41) is 11.8. The highest BCUT2D eigenvalue weighted by molar-refractivity contribution is 7.89. The third-order valence-electron chi connectivity index (χ3n) is 3.41. The van der Waals surface area contributed by atoms with Gasteiger partial charge in [-0.15, -0.1) is 0 Å². The third-order valence-corrected chi connectivity index (χ3v) is 4.87. The average Bonchev–Trinajstić information content (AvgIpc) is 2.57. The van der Waals surface area contributed by atoms with E-state index in [1.54, 1.807) is 6.07 Å². The minimum Gasteiger partial charge on any atom is -0.469 e. The van der Waals surface area contributed by atoms with E-state index in [2.05, 4.69) is 9.46 Å². The first kappa shape index (κ1) is 17.8. The Balaban J connectivity index is 2.19. The van der Waals surface area contributed by atoms with Crippen LogP contribution in [0.3, 0.4) is 0 Å². The van der Waals surface area contributed by atoms with E-state index in [-0.39, 0.29) is 23.5 Å². The van der Waals surface area contributed by atoms with E-state index in [9.17, 15) is 23.3 Å². The molecule has 0 unspecified atom stereocenters.